The van der Waals surface area contributed by atoms with Crippen molar-refractivity contribution in [3.05, 3.63) is 80.7 Å². The lowest BCUT2D eigenvalue weighted by molar-refractivity contribution is 0.280. The van der Waals surface area contributed by atoms with Crippen molar-refractivity contribution in [1.29, 1.82) is 0 Å². The summed E-state index contributed by atoms with van der Waals surface area (Å²) in [6.45, 7) is 0.520. The molecule has 0 atom stereocenters. The number of nitrogens with zero attached hydrogens (tertiary/aromatic N) is 2. The molecule has 1 heterocycles. The molecule has 134 valence electrons. The van der Waals surface area contributed by atoms with E-state index in [2.05, 4.69) is 15.3 Å². The monoisotopic (exact) mass is 411 g/mol. The molecule has 3 aromatic rings. The fourth-order valence-corrected chi connectivity index (χ4v) is 2.70. The molecule has 0 saturated heterocycles. The van der Waals surface area contributed by atoms with Gasteiger partial charge in [-0.3, -0.25) is 0 Å². The minimum absolute atomic E-state index is 0.0380. The molecule has 2 aromatic carbocycles. The quantitative estimate of drug-likeness (QED) is 0.558. The Balaban J connectivity index is 1.65. The molecule has 0 radical (unpaired) electrons. The first kappa shape index (κ1) is 18.7. The Labute approximate surface area is 164 Å². The van der Waals surface area contributed by atoms with Crippen molar-refractivity contribution in [3.8, 4) is 6.01 Å². The molecule has 3 rings (SSSR count). The topological polar surface area (TPSA) is 47.0 Å². The Hall–Kier alpha value is -2.08. The zero-order valence-electron chi connectivity index (χ0n) is 13.3. The average Bonchev–Trinajstić information content (AvgIpc) is 2.62. The number of halogens is 4. The van der Waals surface area contributed by atoms with E-state index in [0.29, 0.717) is 21.6 Å². The molecule has 0 aliphatic carbocycles. The lowest BCUT2D eigenvalue weighted by atomic mass is 10.2. The summed E-state index contributed by atoms with van der Waals surface area (Å²) in [5.41, 5.74) is 1.66. The summed E-state index contributed by atoms with van der Waals surface area (Å²) >= 11 is 17.8. The summed E-state index contributed by atoms with van der Waals surface area (Å²) in [6.07, 6.45) is 1.05. The number of benzene rings is 2. The van der Waals surface area contributed by atoms with Gasteiger partial charge < -0.3 is 10.1 Å². The number of hydrogen-bond donors (Lipinski definition) is 1. The van der Waals surface area contributed by atoms with Gasteiger partial charge in [-0.1, -0.05) is 53.0 Å². The molecular formula is C18H13Cl3FN3O. The predicted molar refractivity (Wildman–Crippen MR) is 102 cm³/mol. The Morgan fingerprint density at radius 2 is 1.73 bits per heavy atom. The minimum atomic E-state index is -0.573. The lowest BCUT2D eigenvalue weighted by Gasteiger charge is -2.10. The van der Waals surface area contributed by atoms with Gasteiger partial charge in [0.05, 0.1) is 6.20 Å². The van der Waals surface area contributed by atoms with E-state index in [0.717, 1.165) is 17.3 Å². The first-order chi connectivity index (χ1) is 12.5. The normalized spacial score (nSPS) is 10.6. The van der Waals surface area contributed by atoms with Gasteiger partial charge in [-0.15, -0.1) is 0 Å². The van der Waals surface area contributed by atoms with E-state index in [-0.39, 0.29) is 18.4 Å². The second kappa shape index (κ2) is 8.54. The van der Waals surface area contributed by atoms with E-state index < -0.39 is 5.82 Å². The molecule has 0 fully saturated rings. The van der Waals surface area contributed by atoms with Crippen LogP contribution in [0.3, 0.4) is 0 Å². The number of aromatic nitrogens is 2. The molecule has 0 bridgehead atoms. The molecule has 0 amide bonds. The number of nitrogens with one attached hydrogen (secondary N) is 1. The van der Waals surface area contributed by atoms with Gasteiger partial charge in [-0.05, 0) is 29.8 Å². The highest BCUT2D eigenvalue weighted by Crippen LogP contribution is 2.22. The van der Waals surface area contributed by atoms with Crippen LogP contribution in [-0.2, 0) is 13.2 Å². The van der Waals surface area contributed by atoms with Crippen LogP contribution in [0.2, 0.25) is 15.1 Å². The Morgan fingerprint density at radius 3 is 2.46 bits per heavy atom. The second-order valence-corrected chi connectivity index (χ2v) is 6.63. The summed E-state index contributed by atoms with van der Waals surface area (Å²) in [7, 11) is 0. The van der Waals surface area contributed by atoms with Crippen LogP contribution in [0.1, 0.15) is 11.1 Å². The largest absolute Gasteiger partial charge is 0.458 e. The van der Waals surface area contributed by atoms with Crippen LogP contribution < -0.4 is 10.1 Å². The highest BCUT2D eigenvalue weighted by molar-refractivity contribution is 6.35. The molecule has 0 aliphatic rings. The van der Waals surface area contributed by atoms with Crippen molar-refractivity contribution in [2.45, 2.75) is 13.2 Å². The van der Waals surface area contributed by atoms with Crippen LogP contribution in [-0.4, -0.2) is 9.97 Å². The minimum Gasteiger partial charge on any atom is -0.458 e. The molecule has 26 heavy (non-hydrogen) atoms. The van der Waals surface area contributed by atoms with Crippen LogP contribution in [0, 0.1) is 5.82 Å². The van der Waals surface area contributed by atoms with Crippen LogP contribution >= 0.6 is 34.8 Å². The summed E-state index contributed by atoms with van der Waals surface area (Å²) in [4.78, 5) is 7.89. The maximum absolute atomic E-state index is 13.9. The van der Waals surface area contributed by atoms with Gasteiger partial charge in [-0.25, -0.2) is 9.37 Å². The lowest BCUT2D eigenvalue weighted by Crippen LogP contribution is -2.07. The van der Waals surface area contributed by atoms with Gasteiger partial charge in [0, 0.05) is 27.2 Å². The highest BCUT2D eigenvalue weighted by atomic mass is 35.5. The molecule has 0 unspecified atom stereocenters. The molecule has 0 saturated carbocycles. The third kappa shape index (κ3) is 4.97. The fraction of sp³-hybridized carbons (Fsp3) is 0.111. The second-order valence-electron chi connectivity index (χ2n) is 5.35. The van der Waals surface area contributed by atoms with Crippen molar-refractivity contribution in [3.63, 3.8) is 0 Å². The van der Waals surface area contributed by atoms with Crippen molar-refractivity contribution in [1.82, 2.24) is 9.97 Å². The van der Waals surface area contributed by atoms with Gasteiger partial charge in [-0.2, -0.15) is 4.98 Å². The van der Waals surface area contributed by atoms with Crippen LogP contribution in [0.4, 0.5) is 10.2 Å². The van der Waals surface area contributed by atoms with Crippen LogP contribution in [0.15, 0.2) is 48.7 Å². The van der Waals surface area contributed by atoms with Crippen molar-refractivity contribution in [2.24, 2.45) is 0 Å². The van der Waals surface area contributed by atoms with Gasteiger partial charge in [0.15, 0.2) is 11.6 Å². The number of ether oxygens (including phenoxy) is 1. The van der Waals surface area contributed by atoms with E-state index in [4.69, 9.17) is 39.5 Å². The molecule has 8 heteroatoms. The molecule has 1 N–H and O–H groups in total. The third-order valence-corrected chi connectivity index (χ3v) is 4.31. The number of hydrogen-bond acceptors (Lipinski definition) is 4. The Morgan fingerprint density at radius 1 is 1.00 bits per heavy atom. The SMILES string of the molecule is Fc1cnc(OCc2ccc(Cl)cc2Cl)nc1NCc1ccc(Cl)cc1. The van der Waals surface area contributed by atoms with E-state index >= 15 is 0 Å². The molecule has 0 spiro atoms. The van der Waals surface area contributed by atoms with Gasteiger partial charge in [0.2, 0.25) is 0 Å². The summed E-state index contributed by atoms with van der Waals surface area (Å²) in [6, 6.07) is 12.3. The van der Waals surface area contributed by atoms with E-state index in [1.807, 2.05) is 12.1 Å². The number of rotatable bonds is 6. The zero-order chi connectivity index (χ0) is 18.5. The van der Waals surface area contributed by atoms with Crippen molar-refractivity contribution < 1.29 is 9.13 Å². The third-order valence-electron chi connectivity index (χ3n) is 3.47. The van der Waals surface area contributed by atoms with E-state index in [1.165, 1.54) is 0 Å². The average molecular weight is 413 g/mol. The summed E-state index contributed by atoms with van der Waals surface area (Å²) in [5.74, 6) is -0.525. The van der Waals surface area contributed by atoms with Crippen molar-refractivity contribution in [2.75, 3.05) is 5.32 Å². The smallest absolute Gasteiger partial charge is 0.318 e. The first-order valence-electron chi connectivity index (χ1n) is 7.59. The maximum Gasteiger partial charge on any atom is 0.318 e. The van der Waals surface area contributed by atoms with Gasteiger partial charge in [0.25, 0.3) is 0 Å². The first-order valence-corrected chi connectivity index (χ1v) is 8.72. The van der Waals surface area contributed by atoms with Crippen LogP contribution in [0.25, 0.3) is 0 Å². The van der Waals surface area contributed by atoms with Gasteiger partial charge >= 0.3 is 6.01 Å². The molecular weight excluding hydrogens is 400 g/mol. The Kier molecular flexibility index (Phi) is 6.14. The predicted octanol–water partition coefficient (Wildman–Crippen LogP) is 5.77. The standard InChI is InChI=1S/C18H13Cl3FN3O/c19-13-4-1-11(2-5-13)8-23-17-16(22)9-24-18(25-17)26-10-12-3-6-14(20)7-15(12)21/h1-7,9H,8,10H2,(H,23,24,25). The molecule has 0 aliphatic heterocycles. The summed E-state index contributed by atoms with van der Waals surface area (Å²) in [5, 5.41) is 4.56. The fourth-order valence-electron chi connectivity index (χ4n) is 2.11. The van der Waals surface area contributed by atoms with Crippen molar-refractivity contribution >= 4 is 40.6 Å². The van der Waals surface area contributed by atoms with E-state index in [9.17, 15) is 4.39 Å². The molecule has 1 aromatic heterocycles. The van der Waals surface area contributed by atoms with E-state index in [1.54, 1.807) is 30.3 Å². The zero-order valence-corrected chi connectivity index (χ0v) is 15.6. The van der Waals surface area contributed by atoms with Gasteiger partial charge in [0.1, 0.15) is 6.61 Å². The Bertz CT molecular complexity index is 907. The summed E-state index contributed by atoms with van der Waals surface area (Å²) < 4.78 is 19.4. The maximum atomic E-state index is 13.9. The highest BCUT2D eigenvalue weighted by Gasteiger charge is 2.09. The number of anilines is 1. The van der Waals surface area contributed by atoms with Crippen LogP contribution in [0.5, 0.6) is 6.01 Å². The molecule has 4 nitrogen and oxygen atoms in total.